The smallest absolute Gasteiger partial charge is 0.123 e. The first-order valence-corrected chi connectivity index (χ1v) is 19.7. The zero-order valence-electron chi connectivity index (χ0n) is 31.8. The first-order valence-electron chi connectivity index (χ1n) is 19.7. The zero-order chi connectivity index (χ0) is 38.8. The monoisotopic (exact) mass is 743 g/mol. The van der Waals surface area contributed by atoms with Gasteiger partial charge in [0.15, 0.2) is 0 Å². The number of hydrogen-bond acceptors (Lipinski definition) is 1. The molecule has 10 rings (SSSR count). The molecule has 0 amide bonds. The molecule has 0 N–H and O–H groups in total. The highest BCUT2D eigenvalue weighted by molar-refractivity contribution is 6.19. The molecule has 0 saturated carbocycles. The van der Waals surface area contributed by atoms with Crippen molar-refractivity contribution in [1.82, 2.24) is 0 Å². The van der Waals surface area contributed by atoms with E-state index in [4.69, 9.17) is 0 Å². The van der Waals surface area contributed by atoms with Crippen molar-refractivity contribution < 1.29 is 4.39 Å². The second kappa shape index (κ2) is 15.2. The predicted octanol–water partition coefficient (Wildman–Crippen LogP) is 15.9. The van der Waals surface area contributed by atoms with Crippen LogP contribution in [-0.4, -0.2) is 0 Å². The summed E-state index contributed by atoms with van der Waals surface area (Å²) in [4.78, 5) is 2.21. The maximum absolute atomic E-state index is 14.2. The first-order chi connectivity index (χ1) is 28.7. The molecule has 0 bridgehead atoms. The molecule has 274 valence electrons. The summed E-state index contributed by atoms with van der Waals surface area (Å²) in [6.45, 7) is 0. The molecular weight excluding hydrogens is 706 g/mol. The largest absolute Gasteiger partial charge is 0.310 e. The van der Waals surface area contributed by atoms with Gasteiger partial charge < -0.3 is 4.90 Å². The molecule has 0 spiro atoms. The Morgan fingerprint density at radius 3 is 1.24 bits per heavy atom. The van der Waals surface area contributed by atoms with E-state index in [-0.39, 0.29) is 5.82 Å². The minimum Gasteiger partial charge on any atom is -0.310 e. The third-order valence-corrected chi connectivity index (χ3v) is 11.1. The normalized spacial score (nSPS) is 11.2. The van der Waals surface area contributed by atoms with Crippen LogP contribution < -0.4 is 4.90 Å². The van der Waals surface area contributed by atoms with E-state index in [0.29, 0.717) is 0 Å². The van der Waals surface area contributed by atoms with Crippen LogP contribution in [0.1, 0.15) is 0 Å². The van der Waals surface area contributed by atoms with Crippen LogP contribution in [0.5, 0.6) is 0 Å². The minimum atomic E-state index is -0.259. The van der Waals surface area contributed by atoms with E-state index in [1.54, 1.807) is 0 Å². The number of rotatable bonds is 8. The van der Waals surface area contributed by atoms with E-state index in [9.17, 15) is 4.39 Å². The summed E-state index contributed by atoms with van der Waals surface area (Å²) in [5.41, 5.74) is 14.7. The predicted molar refractivity (Wildman–Crippen MR) is 243 cm³/mol. The molecule has 0 aliphatic rings. The Labute approximate surface area is 338 Å². The Morgan fingerprint density at radius 2 is 0.707 bits per heavy atom. The van der Waals surface area contributed by atoms with Crippen LogP contribution in [-0.2, 0) is 0 Å². The fraction of sp³-hybridized carbons (Fsp3) is 0. The van der Waals surface area contributed by atoms with Gasteiger partial charge in [-0.05, 0) is 120 Å². The maximum Gasteiger partial charge on any atom is 0.123 e. The van der Waals surface area contributed by atoms with Crippen LogP contribution in [0.25, 0.3) is 77.2 Å². The average Bonchev–Trinajstić information content (AvgIpc) is 3.30. The van der Waals surface area contributed by atoms with Crippen molar-refractivity contribution in [3.05, 3.63) is 236 Å². The number of para-hydroxylation sites is 1. The summed E-state index contributed by atoms with van der Waals surface area (Å²) >= 11 is 0. The lowest BCUT2D eigenvalue weighted by Gasteiger charge is -2.27. The Balaban J connectivity index is 1.29. The summed E-state index contributed by atoms with van der Waals surface area (Å²) in [7, 11) is 0. The van der Waals surface area contributed by atoms with Crippen molar-refractivity contribution in [1.29, 1.82) is 0 Å². The highest BCUT2D eigenvalue weighted by Gasteiger charge is 2.25. The molecule has 0 aromatic heterocycles. The van der Waals surface area contributed by atoms with Gasteiger partial charge in [-0.3, -0.25) is 0 Å². The van der Waals surface area contributed by atoms with Crippen molar-refractivity contribution in [2.75, 3.05) is 4.90 Å². The molecule has 0 saturated heterocycles. The Bertz CT molecular complexity index is 3020. The van der Waals surface area contributed by atoms with Crippen molar-refractivity contribution in [2.24, 2.45) is 0 Å². The fourth-order valence-electron chi connectivity index (χ4n) is 8.58. The van der Waals surface area contributed by atoms with Gasteiger partial charge in [0.1, 0.15) is 5.82 Å². The summed E-state index contributed by atoms with van der Waals surface area (Å²) in [5.74, 6) is -0.259. The van der Waals surface area contributed by atoms with Crippen LogP contribution in [0, 0.1) is 5.82 Å². The summed E-state index contributed by atoms with van der Waals surface area (Å²) in [6.07, 6.45) is 0. The van der Waals surface area contributed by atoms with E-state index in [0.717, 1.165) is 39.0 Å². The maximum atomic E-state index is 14.2. The second-order valence-electron chi connectivity index (χ2n) is 14.5. The molecule has 0 atom stereocenters. The lowest BCUT2D eigenvalue weighted by Crippen LogP contribution is -2.10. The third kappa shape index (κ3) is 6.31. The van der Waals surface area contributed by atoms with Crippen molar-refractivity contribution >= 4 is 38.6 Å². The van der Waals surface area contributed by atoms with E-state index in [1.165, 1.54) is 67.4 Å². The van der Waals surface area contributed by atoms with Gasteiger partial charge in [-0.2, -0.15) is 0 Å². The molecule has 58 heavy (non-hydrogen) atoms. The van der Waals surface area contributed by atoms with Crippen molar-refractivity contribution in [2.45, 2.75) is 0 Å². The standard InChI is InChI=1S/C56H38FN/c57-44-31-33-46(34-32-44)58(45-26-14-5-15-27-45)52-37-36-47(48-28-16-17-29-49(48)52)43-30-35-50-51(38-43)54(40-20-8-2-9-21-40)56(42-24-12-4-13-25-42)55(41-22-10-3-11-23-41)53(50)39-18-6-1-7-19-39/h1-38H. The Kier molecular flexibility index (Phi) is 9.13. The molecule has 0 aliphatic carbocycles. The number of benzene rings is 10. The third-order valence-electron chi connectivity index (χ3n) is 11.1. The van der Waals surface area contributed by atoms with Gasteiger partial charge in [-0.15, -0.1) is 0 Å². The number of hydrogen-bond donors (Lipinski definition) is 0. The molecule has 10 aromatic carbocycles. The van der Waals surface area contributed by atoms with Gasteiger partial charge in [0, 0.05) is 16.8 Å². The molecule has 1 nitrogen and oxygen atoms in total. The average molecular weight is 744 g/mol. The lowest BCUT2D eigenvalue weighted by molar-refractivity contribution is 0.628. The molecule has 0 radical (unpaired) electrons. The lowest BCUT2D eigenvalue weighted by atomic mass is 9.78. The molecule has 2 heteroatoms. The summed E-state index contributed by atoms with van der Waals surface area (Å²) < 4.78 is 14.2. The minimum absolute atomic E-state index is 0.259. The number of fused-ring (bicyclic) bond motifs is 2. The van der Waals surface area contributed by atoms with E-state index < -0.39 is 0 Å². The topological polar surface area (TPSA) is 3.24 Å². The molecule has 0 heterocycles. The Morgan fingerprint density at radius 1 is 0.276 bits per heavy atom. The zero-order valence-corrected chi connectivity index (χ0v) is 31.8. The highest BCUT2D eigenvalue weighted by atomic mass is 19.1. The van der Waals surface area contributed by atoms with Crippen LogP contribution in [0.3, 0.4) is 0 Å². The van der Waals surface area contributed by atoms with Gasteiger partial charge >= 0.3 is 0 Å². The second-order valence-corrected chi connectivity index (χ2v) is 14.5. The molecule has 0 aliphatic heterocycles. The SMILES string of the molecule is Fc1ccc(N(c2ccccc2)c2ccc(-c3ccc4c(-c5ccccc5)c(-c5ccccc5)c(-c5ccccc5)c(-c5ccccc5)c4c3)c3ccccc23)cc1. The van der Waals surface area contributed by atoms with E-state index in [2.05, 4.69) is 193 Å². The molecule has 10 aromatic rings. The van der Waals surface area contributed by atoms with Crippen LogP contribution in [0.15, 0.2) is 231 Å². The van der Waals surface area contributed by atoms with Crippen LogP contribution in [0.2, 0.25) is 0 Å². The van der Waals surface area contributed by atoms with Gasteiger partial charge in [-0.25, -0.2) is 4.39 Å². The number of anilines is 3. The van der Waals surface area contributed by atoms with Gasteiger partial charge in [-0.1, -0.05) is 182 Å². The quantitative estimate of drug-likeness (QED) is 0.150. The van der Waals surface area contributed by atoms with Crippen molar-refractivity contribution in [3.8, 4) is 55.6 Å². The molecule has 0 unspecified atom stereocenters. The first kappa shape index (κ1) is 34.9. The molecular formula is C56H38FN. The van der Waals surface area contributed by atoms with E-state index >= 15 is 0 Å². The van der Waals surface area contributed by atoms with Crippen LogP contribution in [0.4, 0.5) is 21.5 Å². The van der Waals surface area contributed by atoms with Crippen molar-refractivity contribution in [3.63, 3.8) is 0 Å². The van der Waals surface area contributed by atoms with Gasteiger partial charge in [0.2, 0.25) is 0 Å². The fourth-order valence-corrected chi connectivity index (χ4v) is 8.58. The Hall–Kier alpha value is -7.55. The van der Waals surface area contributed by atoms with E-state index in [1.807, 2.05) is 30.3 Å². The van der Waals surface area contributed by atoms with Gasteiger partial charge in [0.25, 0.3) is 0 Å². The number of nitrogens with zero attached hydrogens (tertiary/aromatic N) is 1. The number of halogens is 1. The highest BCUT2D eigenvalue weighted by Crippen LogP contribution is 2.52. The van der Waals surface area contributed by atoms with Crippen LogP contribution >= 0.6 is 0 Å². The summed E-state index contributed by atoms with van der Waals surface area (Å²) in [5, 5.41) is 4.62. The summed E-state index contributed by atoms with van der Waals surface area (Å²) in [6, 6.07) is 80.5. The van der Waals surface area contributed by atoms with Gasteiger partial charge in [0.05, 0.1) is 5.69 Å². The molecule has 0 fully saturated rings.